The number of fused-ring (bicyclic) bond motifs is 2. The molecule has 4 rings (SSSR count). The van der Waals surface area contributed by atoms with E-state index in [4.69, 9.17) is 4.42 Å². The number of aromatic nitrogens is 1. The maximum Gasteiger partial charge on any atom is 0.416 e. The Hall–Kier alpha value is -3.54. The number of hydrogen-bond acceptors (Lipinski definition) is 3. The maximum absolute atomic E-state index is 12.5. The highest BCUT2D eigenvalue weighted by Crippen LogP contribution is 2.23. The van der Waals surface area contributed by atoms with Gasteiger partial charge in [0.15, 0.2) is 5.76 Å². The van der Waals surface area contributed by atoms with Crippen LogP contribution in [-0.2, 0) is 6.42 Å². The number of furan rings is 1. The van der Waals surface area contributed by atoms with Crippen molar-refractivity contribution in [2.75, 3.05) is 0 Å². The number of para-hydroxylation sites is 2. The third-order valence-corrected chi connectivity index (χ3v) is 4.55. The van der Waals surface area contributed by atoms with E-state index in [1.54, 1.807) is 24.4 Å². The quantitative estimate of drug-likeness (QED) is 0.568. The normalized spacial score (nSPS) is 12.3. The molecule has 6 heteroatoms. The van der Waals surface area contributed by atoms with E-state index >= 15 is 0 Å². The zero-order valence-electron chi connectivity index (χ0n) is 14.7. The molecule has 0 aliphatic rings. The van der Waals surface area contributed by atoms with Crippen molar-refractivity contribution in [2.45, 2.75) is 19.4 Å². The van der Waals surface area contributed by atoms with Crippen LogP contribution in [0.25, 0.3) is 21.9 Å². The summed E-state index contributed by atoms with van der Waals surface area (Å²) < 4.78 is 6.80. The van der Waals surface area contributed by atoms with Crippen LogP contribution < -0.4 is 5.32 Å². The van der Waals surface area contributed by atoms with Crippen LogP contribution in [0.1, 0.15) is 23.0 Å². The SMILES string of the molecule is C[C@H](Cc1cn(C(=O)O)c2ccccc12)NC(=O)c1cc2ccccc2o1. The number of carboxylic acid groups (broad SMARTS) is 1. The van der Waals surface area contributed by atoms with Gasteiger partial charge in [-0.05, 0) is 37.1 Å². The lowest BCUT2D eigenvalue weighted by Crippen LogP contribution is -2.33. The predicted octanol–water partition coefficient (Wildman–Crippen LogP) is 4.27. The lowest BCUT2D eigenvalue weighted by molar-refractivity contribution is 0.0914. The molecule has 0 spiro atoms. The summed E-state index contributed by atoms with van der Waals surface area (Å²) in [6.07, 6.45) is 1.08. The van der Waals surface area contributed by atoms with Gasteiger partial charge in [-0.3, -0.25) is 9.36 Å². The topological polar surface area (TPSA) is 84.5 Å². The summed E-state index contributed by atoms with van der Waals surface area (Å²) in [5.74, 6) is -0.0308. The molecule has 0 unspecified atom stereocenters. The molecule has 0 aliphatic heterocycles. The summed E-state index contributed by atoms with van der Waals surface area (Å²) in [6.45, 7) is 1.88. The lowest BCUT2D eigenvalue weighted by Gasteiger charge is -2.12. The Labute approximate surface area is 155 Å². The number of rotatable bonds is 4. The van der Waals surface area contributed by atoms with E-state index in [9.17, 15) is 14.7 Å². The van der Waals surface area contributed by atoms with Gasteiger partial charge in [0.2, 0.25) is 0 Å². The number of hydrogen-bond donors (Lipinski definition) is 2. The first kappa shape index (κ1) is 16.9. The lowest BCUT2D eigenvalue weighted by atomic mass is 10.1. The monoisotopic (exact) mass is 362 g/mol. The summed E-state index contributed by atoms with van der Waals surface area (Å²) in [5, 5.41) is 14.0. The van der Waals surface area contributed by atoms with Gasteiger partial charge in [0.25, 0.3) is 5.91 Å². The van der Waals surface area contributed by atoms with Gasteiger partial charge >= 0.3 is 6.09 Å². The Morgan fingerprint density at radius 1 is 1.15 bits per heavy atom. The molecule has 4 aromatic rings. The van der Waals surface area contributed by atoms with Crippen LogP contribution in [0.3, 0.4) is 0 Å². The van der Waals surface area contributed by atoms with E-state index in [-0.39, 0.29) is 17.7 Å². The van der Waals surface area contributed by atoms with E-state index in [0.29, 0.717) is 17.5 Å². The van der Waals surface area contributed by atoms with E-state index in [2.05, 4.69) is 5.32 Å². The summed E-state index contributed by atoms with van der Waals surface area (Å²) in [6, 6.07) is 16.3. The molecule has 0 aliphatic carbocycles. The molecule has 136 valence electrons. The van der Waals surface area contributed by atoms with Gasteiger partial charge in [-0.2, -0.15) is 0 Å². The average molecular weight is 362 g/mol. The van der Waals surface area contributed by atoms with E-state index in [0.717, 1.165) is 16.3 Å². The standard InChI is InChI=1S/C21H18N2O4/c1-13(22-20(24)19-11-14-6-2-5-9-18(14)27-19)10-15-12-23(21(25)26)17-8-4-3-7-16(15)17/h2-9,11-13H,10H2,1H3,(H,22,24)(H,25,26)/t13-/m1/s1. The van der Waals surface area contributed by atoms with Crippen molar-refractivity contribution in [1.29, 1.82) is 0 Å². The Morgan fingerprint density at radius 2 is 1.89 bits per heavy atom. The van der Waals surface area contributed by atoms with Crippen molar-refractivity contribution >= 4 is 33.9 Å². The molecule has 0 saturated carbocycles. The molecule has 0 saturated heterocycles. The van der Waals surface area contributed by atoms with E-state index in [1.165, 1.54) is 4.57 Å². The first-order valence-electron chi connectivity index (χ1n) is 8.64. The van der Waals surface area contributed by atoms with Gasteiger partial charge in [0, 0.05) is 23.0 Å². The Balaban J connectivity index is 1.54. The van der Waals surface area contributed by atoms with Gasteiger partial charge in [-0.1, -0.05) is 36.4 Å². The van der Waals surface area contributed by atoms with Crippen molar-refractivity contribution in [3.05, 3.63) is 72.1 Å². The Bertz CT molecular complexity index is 1120. The largest absolute Gasteiger partial charge is 0.464 e. The summed E-state index contributed by atoms with van der Waals surface area (Å²) in [7, 11) is 0. The second-order valence-electron chi connectivity index (χ2n) is 6.55. The number of nitrogens with zero attached hydrogens (tertiary/aromatic N) is 1. The number of amides is 1. The first-order valence-corrected chi connectivity index (χ1v) is 8.64. The highest BCUT2D eigenvalue weighted by atomic mass is 16.4. The van der Waals surface area contributed by atoms with Crippen molar-refractivity contribution in [3.63, 3.8) is 0 Å². The van der Waals surface area contributed by atoms with Crippen LogP contribution in [0.2, 0.25) is 0 Å². The fourth-order valence-electron chi connectivity index (χ4n) is 3.34. The smallest absolute Gasteiger partial charge is 0.416 e. The number of carbonyl (C=O) groups excluding carboxylic acids is 1. The van der Waals surface area contributed by atoms with Gasteiger partial charge in [-0.15, -0.1) is 0 Å². The summed E-state index contributed by atoms with van der Waals surface area (Å²) in [4.78, 5) is 23.9. The minimum Gasteiger partial charge on any atom is -0.464 e. The molecule has 0 fully saturated rings. The van der Waals surface area contributed by atoms with Crippen LogP contribution in [0.4, 0.5) is 4.79 Å². The van der Waals surface area contributed by atoms with Crippen LogP contribution in [0.5, 0.6) is 0 Å². The fourth-order valence-corrected chi connectivity index (χ4v) is 3.34. The van der Waals surface area contributed by atoms with Crippen molar-refractivity contribution < 1.29 is 19.1 Å². The number of carbonyl (C=O) groups is 2. The molecule has 6 nitrogen and oxygen atoms in total. The molecule has 2 heterocycles. The molecule has 2 N–H and O–H groups in total. The minimum absolute atomic E-state index is 0.196. The zero-order valence-corrected chi connectivity index (χ0v) is 14.7. The Morgan fingerprint density at radius 3 is 2.67 bits per heavy atom. The molecule has 1 amide bonds. The van der Waals surface area contributed by atoms with Gasteiger partial charge in [-0.25, -0.2) is 4.79 Å². The molecule has 27 heavy (non-hydrogen) atoms. The molecule has 0 bridgehead atoms. The van der Waals surface area contributed by atoms with Crippen LogP contribution in [-0.4, -0.2) is 27.7 Å². The van der Waals surface area contributed by atoms with Crippen LogP contribution in [0, 0.1) is 0 Å². The third kappa shape index (κ3) is 3.17. The highest BCUT2D eigenvalue weighted by Gasteiger charge is 2.18. The first-order chi connectivity index (χ1) is 13.0. The zero-order chi connectivity index (χ0) is 19.0. The fraction of sp³-hybridized carbons (Fsp3) is 0.143. The van der Waals surface area contributed by atoms with Gasteiger partial charge in [0.05, 0.1) is 5.52 Å². The van der Waals surface area contributed by atoms with E-state index in [1.807, 2.05) is 43.3 Å². The van der Waals surface area contributed by atoms with Gasteiger partial charge in [0.1, 0.15) is 5.58 Å². The van der Waals surface area contributed by atoms with Crippen LogP contribution >= 0.6 is 0 Å². The van der Waals surface area contributed by atoms with E-state index < -0.39 is 6.09 Å². The number of nitrogens with one attached hydrogen (secondary N) is 1. The van der Waals surface area contributed by atoms with Crippen molar-refractivity contribution in [1.82, 2.24) is 9.88 Å². The Kier molecular flexibility index (Phi) is 4.16. The maximum atomic E-state index is 12.5. The minimum atomic E-state index is -1.03. The molecule has 1 atom stereocenters. The predicted molar refractivity (Wildman–Crippen MR) is 102 cm³/mol. The summed E-state index contributed by atoms with van der Waals surface area (Å²) in [5.41, 5.74) is 2.17. The summed E-state index contributed by atoms with van der Waals surface area (Å²) >= 11 is 0. The molecule has 2 aromatic heterocycles. The molecule has 2 aromatic carbocycles. The number of benzene rings is 2. The third-order valence-electron chi connectivity index (χ3n) is 4.55. The molecular weight excluding hydrogens is 344 g/mol. The van der Waals surface area contributed by atoms with Crippen molar-refractivity contribution in [2.24, 2.45) is 0 Å². The second kappa shape index (κ2) is 6.64. The van der Waals surface area contributed by atoms with Crippen LogP contribution in [0.15, 0.2) is 65.2 Å². The van der Waals surface area contributed by atoms with Gasteiger partial charge < -0.3 is 14.8 Å². The second-order valence-corrected chi connectivity index (χ2v) is 6.55. The molecular formula is C21H18N2O4. The van der Waals surface area contributed by atoms with Crippen molar-refractivity contribution in [3.8, 4) is 0 Å². The average Bonchev–Trinajstić information content (AvgIpc) is 3.24. The molecule has 0 radical (unpaired) electrons. The highest BCUT2D eigenvalue weighted by molar-refractivity contribution is 5.96.